The number of phenolic OH excluding ortho intramolecular Hbond substituents is 2. The second kappa shape index (κ2) is 29.7. The lowest BCUT2D eigenvalue weighted by atomic mass is 9.83. The second-order valence-corrected chi connectivity index (χ2v) is 28.1. The van der Waals surface area contributed by atoms with E-state index in [-0.39, 0.29) is 59.2 Å². The van der Waals surface area contributed by atoms with Crippen LogP contribution in [-0.4, -0.2) is 186 Å². The molecule has 0 saturated carbocycles. The number of likely N-dealkylation sites (tertiary alicyclic amines) is 1. The van der Waals surface area contributed by atoms with Crippen molar-refractivity contribution in [2.24, 2.45) is 17.6 Å². The summed E-state index contributed by atoms with van der Waals surface area (Å²) in [5, 5.41) is 57.7. The summed E-state index contributed by atoms with van der Waals surface area (Å²) in [6.45, 7) is 12.6. The Balaban J connectivity index is 0.754. The average Bonchev–Trinajstić information content (AvgIpc) is 1.58. The number of aliphatic hydroxyl groups is 2. The number of ether oxygens (including phenoxy) is 5. The van der Waals surface area contributed by atoms with Crippen molar-refractivity contribution < 1.29 is 68.1 Å². The maximum atomic E-state index is 14.5. The summed E-state index contributed by atoms with van der Waals surface area (Å²) in [4.78, 5) is 85.7. The number of alkyl carbamates (subject to hydrolysis) is 1. The fraction of sp³-hybridized carbons (Fsp3) is 0.523. The van der Waals surface area contributed by atoms with Crippen LogP contribution in [0.4, 0.5) is 10.5 Å². The highest BCUT2D eigenvalue weighted by molar-refractivity contribution is 8.76. The number of rotatable bonds is 21. The number of aromatic amines is 1. The largest absolute Gasteiger partial charge is 0.508 e. The van der Waals surface area contributed by atoms with Gasteiger partial charge in [0.25, 0.3) is 0 Å². The number of hydrogen-bond acceptors (Lipinski definition) is 20. The highest BCUT2D eigenvalue weighted by Crippen LogP contribution is 2.50. The first kappa shape index (κ1) is 70.2. The van der Waals surface area contributed by atoms with Gasteiger partial charge >= 0.3 is 17.8 Å². The number of aromatic nitrogens is 4. The Morgan fingerprint density at radius 3 is 2.47 bits per heavy atom. The number of hydrogen-bond donors (Lipinski definition) is 8. The number of epoxide rings is 1. The van der Waals surface area contributed by atoms with Crippen LogP contribution < -0.4 is 31.7 Å². The number of fused-ring (bicyclic) bond motifs is 6. The van der Waals surface area contributed by atoms with Crippen molar-refractivity contribution in [3.05, 3.63) is 105 Å². The molecule has 504 valence electrons. The molecular weight excluding hydrogens is 1260 g/mol. The van der Waals surface area contributed by atoms with E-state index < -0.39 is 89.7 Å². The van der Waals surface area contributed by atoms with Gasteiger partial charge in [-0.2, -0.15) is 5.10 Å². The number of methoxy groups -OCH3 is 2. The van der Waals surface area contributed by atoms with Crippen molar-refractivity contribution in [2.45, 2.75) is 153 Å². The summed E-state index contributed by atoms with van der Waals surface area (Å²) in [5.74, 6) is -1.80. The van der Waals surface area contributed by atoms with Gasteiger partial charge in [0.1, 0.15) is 52.2 Å². The quantitative estimate of drug-likeness (QED) is 0.0123. The van der Waals surface area contributed by atoms with Gasteiger partial charge in [-0.1, -0.05) is 77.8 Å². The van der Waals surface area contributed by atoms with Gasteiger partial charge in [0, 0.05) is 94.3 Å². The molecule has 4 aliphatic heterocycles. The van der Waals surface area contributed by atoms with Crippen LogP contribution in [-0.2, 0) is 51.1 Å². The predicted molar refractivity (Wildman–Crippen MR) is 354 cm³/mol. The Bertz CT molecular complexity index is 3700. The molecule has 3 saturated heterocycles. The van der Waals surface area contributed by atoms with Crippen LogP contribution in [0.3, 0.4) is 0 Å². The number of aliphatic hydroxyl groups excluding tert-OH is 1. The minimum atomic E-state index is -1.89. The molecule has 5 aromatic rings. The first-order valence-electron chi connectivity index (χ1n) is 31.0. The Morgan fingerprint density at radius 1 is 1.03 bits per heavy atom. The molecule has 4 amide bonds. The molecule has 3 aromatic carbocycles. The van der Waals surface area contributed by atoms with Crippen LogP contribution in [0.5, 0.6) is 17.2 Å². The number of amides is 4. The minimum absolute atomic E-state index is 0.0106. The van der Waals surface area contributed by atoms with Crippen molar-refractivity contribution in [3.8, 4) is 34.3 Å². The molecular formula is C65H85ClN10O15S2. The number of carbonyl (C=O) groups is 5. The van der Waals surface area contributed by atoms with Crippen molar-refractivity contribution >= 4 is 79.6 Å². The van der Waals surface area contributed by atoms with E-state index in [2.05, 4.69) is 25.4 Å². The molecule has 9 N–H and O–H groups in total. The maximum absolute atomic E-state index is 14.5. The summed E-state index contributed by atoms with van der Waals surface area (Å²) >= 11 is 6.85. The smallest absolute Gasteiger partial charge is 0.409 e. The van der Waals surface area contributed by atoms with Gasteiger partial charge in [-0.15, -0.1) is 0 Å². The number of piperidine rings is 1. The number of nitrogens with zero attached hydrogens (tertiary/aromatic N) is 6. The fourth-order valence-electron chi connectivity index (χ4n) is 12.5. The topological polar surface area (TPSA) is 331 Å². The summed E-state index contributed by atoms with van der Waals surface area (Å²) in [6.07, 6.45) is 3.78. The summed E-state index contributed by atoms with van der Waals surface area (Å²) < 4.78 is 33.2. The number of H-pyrrole nitrogens is 1. The number of likely N-dealkylation sites (N-methyl/N-ethyl adjacent to an activating group) is 1. The molecule has 28 heteroatoms. The van der Waals surface area contributed by atoms with E-state index >= 15 is 0 Å². The van der Waals surface area contributed by atoms with E-state index in [0.29, 0.717) is 59.4 Å². The number of halogens is 1. The third kappa shape index (κ3) is 15.9. The Kier molecular flexibility index (Phi) is 22.4. The third-order valence-electron chi connectivity index (χ3n) is 18.4. The SMILES string of the molecule is COc1cc2cc(c1Cl)N(C)C(=O)C[C@H](OC(=O)[C@H](C)N(C)C(=O)CCSSC[C@H](NC(O)N1CCC(CCn3ccc4cc(-n5c(-c6cc(C(C)C)c(O)cc6O)n[nH]c5=O)ccc43)CC1)C(N)=O)[C@]1(C)O[C@H]1[C@H](C)[C@@H]1C[C@@](O)(NC(=O)O1)[C@H](OC)/C=C/C=C(\C)C2. The van der Waals surface area contributed by atoms with E-state index in [1.807, 2.05) is 62.2 Å². The average molecular weight is 1350 g/mol. The fourth-order valence-corrected chi connectivity index (χ4v) is 15.0. The lowest BCUT2D eigenvalue weighted by Gasteiger charge is -2.42. The van der Waals surface area contributed by atoms with Gasteiger partial charge in [-0.05, 0) is 112 Å². The lowest BCUT2D eigenvalue weighted by Crippen LogP contribution is -2.63. The molecule has 25 nitrogen and oxygen atoms in total. The molecule has 0 aliphatic carbocycles. The minimum Gasteiger partial charge on any atom is -0.508 e. The number of esters is 1. The zero-order chi connectivity index (χ0) is 67.4. The number of benzene rings is 3. The van der Waals surface area contributed by atoms with Crippen LogP contribution >= 0.6 is 33.2 Å². The predicted octanol–water partition coefficient (Wildman–Crippen LogP) is 6.84. The van der Waals surface area contributed by atoms with Crippen LogP contribution in [0.25, 0.3) is 28.0 Å². The second-order valence-electron chi connectivity index (χ2n) is 25.0. The Morgan fingerprint density at radius 2 is 1.77 bits per heavy atom. The van der Waals surface area contributed by atoms with Crippen LogP contribution in [0.2, 0.25) is 5.02 Å². The summed E-state index contributed by atoms with van der Waals surface area (Å²) in [7, 11) is 8.55. The zero-order valence-corrected chi connectivity index (χ0v) is 56.3. The van der Waals surface area contributed by atoms with E-state index in [1.54, 1.807) is 51.2 Å². The van der Waals surface area contributed by atoms with E-state index in [1.165, 1.54) is 70.2 Å². The molecule has 4 aliphatic rings. The summed E-state index contributed by atoms with van der Waals surface area (Å²) in [5.41, 5.74) is 6.60. The highest BCUT2D eigenvalue weighted by atomic mass is 35.5. The van der Waals surface area contributed by atoms with Gasteiger partial charge in [0.05, 0.1) is 42.6 Å². The molecule has 9 rings (SSSR count). The molecule has 10 atom stereocenters. The normalized spacial score (nSPS) is 25.1. The van der Waals surface area contributed by atoms with Gasteiger partial charge in [0.15, 0.2) is 17.9 Å². The number of nitrogens with two attached hydrogens (primary N) is 1. The van der Waals surface area contributed by atoms with Crippen LogP contribution in [0.15, 0.2) is 83.3 Å². The molecule has 93 heavy (non-hydrogen) atoms. The number of phenols is 2. The molecule has 0 spiro atoms. The van der Waals surface area contributed by atoms with Gasteiger partial charge < -0.3 is 64.2 Å². The van der Waals surface area contributed by atoms with E-state index in [0.717, 1.165) is 47.8 Å². The van der Waals surface area contributed by atoms with Crippen molar-refractivity contribution in [3.63, 3.8) is 0 Å². The van der Waals surface area contributed by atoms with Gasteiger partial charge in [0.2, 0.25) is 17.7 Å². The number of aryl methyl sites for hydroxylation is 1. The molecule has 3 fully saturated rings. The number of anilines is 1. The Labute approximate surface area is 552 Å². The molecule has 4 bridgehead atoms. The first-order valence-corrected chi connectivity index (χ1v) is 33.9. The molecule has 6 heterocycles. The van der Waals surface area contributed by atoms with Gasteiger partial charge in [-0.3, -0.25) is 29.9 Å². The van der Waals surface area contributed by atoms with E-state index in [4.69, 9.17) is 41.0 Å². The maximum Gasteiger partial charge on any atom is 0.409 e. The standard InChI is InChI=1S/C65H85ClN10O15S2/c1-35(2)43-30-44(49(78)31-48(43)77)59-70-71-62(84)76(59)42-14-15-46-41(29-42)19-24-74(46)21-16-39-17-22-75(23-18-39)61(83)68-45(58(67)81)34-93-92-25-20-54(79)72(7)38(5)60(82)90-53-32-55(80)73(8)47-27-40(28-50(87-9)56(47)66)26-36(3)12-11-13-52(88-10)65(86)33-51(89-63(85)69-65)37(4)57-64(53,6)91-57/h11-15,19,24,27-31,35,37-39,45,51-53,57,61,68,77-78,83,86H,16-18,20-23,25-26,32-34H2,1-10H3,(H2,67,81)(H,69,85)(H,71,84)/b13-11+,36-12+/t37-,38+,45+,51+,52-,53+,57+,61?,64+,65+/m1/s1. The van der Waals surface area contributed by atoms with E-state index in [9.17, 15) is 49.2 Å². The van der Waals surface area contributed by atoms with Crippen molar-refractivity contribution in [1.82, 2.24) is 39.8 Å². The van der Waals surface area contributed by atoms with Crippen molar-refractivity contribution in [2.75, 3.05) is 57.8 Å². The van der Waals surface area contributed by atoms with Crippen LogP contribution in [0, 0.1) is 11.8 Å². The molecule has 0 radical (unpaired) electrons. The number of allylic oxidation sites excluding steroid dienone is 3. The number of nitrogens with one attached hydrogen (secondary N) is 3. The number of carbonyl (C=O) groups excluding carboxylic acids is 5. The monoisotopic (exact) mass is 1340 g/mol. The number of primary amides is 1. The molecule has 2 aromatic heterocycles. The highest BCUT2D eigenvalue weighted by Gasteiger charge is 2.64. The van der Waals surface area contributed by atoms with Gasteiger partial charge in [-0.25, -0.2) is 24.0 Å². The lowest BCUT2D eigenvalue weighted by molar-refractivity contribution is -0.162. The third-order valence-corrected chi connectivity index (χ3v) is 21.2. The number of aromatic hydroxyl groups is 2. The zero-order valence-electron chi connectivity index (χ0n) is 53.9. The molecule has 1 unspecified atom stereocenters. The van der Waals surface area contributed by atoms with Crippen molar-refractivity contribution in [1.29, 1.82) is 0 Å². The van der Waals surface area contributed by atoms with Crippen LogP contribution in [0.1, 0.15) is 97.1 Å². The summed E-state index contributed by atoms with van der Waals surface area (Å²) in [6, 6.07) is 12.1. The first-order chi connectivity index (χ1) is 44.1. The Hall–Kier alpha value is -7.08.